The van der Waals surface area contributed by atoms with Crippen LogP contribution in [0.2, 0.25) is 0 Å². The number of nitrogens with one attached hydrogen (secondary N) is 1. The highest BCUT2D eigenvalue weighted by molar-refractivity contribution is 6.04. The Labute approximate surface area is 151 Å². The van der Waals surface area contributed by atoms with Crippen LogP contribution in [-0.4, -0.2) is 25.1 Å². The lowest BCUT2D eigenvalue weighted by Crippen LogP contribution is -2.21. The van der Waals surface area contributed by atoms with Gasteiger partial charge in [0.15, 0.2) is 23.9 Å². The summed E-state index contributed by atoms with van der Waals surface area (Å²) in [5.74, 6) is 1.18. The van der Waals surface area contributed by atoms with E-state index in [2.05, 4.69) is 11.4 Å². The highest BCUT2D eigenvalue weighted by Gasteiger charge is 2.20. The van der Waals surface area contributed by atoms with Crippen molar-refractivity contribution in [2.24, 2.45) is 0 Å². The lowest BCUT2D eigenvalue weighted by Gasteiger charge is -2.12. The van der Waals surface area contributed by atoms with Gasteiger partial charge in [0.1, 0.15) is 5.75 Å². The maximum atomic E-state index is 12.3. The van der Waals surface area contributed by atoms with Gasteiger partial charge in [0.2, 0.25) is 6.79 Å². The summed E-state index contributed by atoms with van der Waals surface area (Å²) in [6.07, 6.45) is 3.32. The number of Topliss-reactive ketones (excluding diaryl/α,β-unsaturated/α-hetero) is 1. The monoisotopic (exact) mass is 353 g/mol. The standard InChI is InChI=1S/C20H19NO5/c1-12(22)16-8-18-19(26-11-25-18)9-17(16)21-20(23)10-24-15-6-5-13-3-2-4-14(13)7-15/h5-9H,2-4,10-11H2,1H3,(H,21,23). The molecule has 0 saturated carbocycles. The number of carbonyl (C=O) groups excluding carboxylic acids is 2. The Balaban J connectivity index is 1.44. The number of fused-ring (bicyclic) bond motifs is 2. The summed E-state index contributed by atoms with van der Waals surface area (Å²) in [6.45, 7) is 1.41. The number of hydrogen-bond donors (Lipinski definition) is 1. The summed E-state index contributed by atoms with van der Waals surface area (Å²) >= 11 is 0. The Hall–Kier alpha value is -3.02. The molecule has 2 aromatic rings. The highest BCUT2D eigenvalue weighted by Crippen LogP contribution is 2.37. The van der Waals surface area contributed by atoms with Crippen LogP contribution in [0.1, 0.15) is 34.8 Å². The van der Waals surface area contributed by atoms with Crippen LogP contribution in [0.15, 0.2) is 30.3 Å². The summed E-state index contributed by atoms with van der Waals surface area (Å²) in [5.41, 5.74) is 3.41. The molecule has 1 N–H and O–H groups in total. The Morgan fingerprint density at radius 3 is 2.65 bits per heavy atom. The molecule has 1 heterocycles. The zero-order chi connectivity index (χ0) is 18.1. The minimum Gasteiger partial charge on any atom is -0.484 e. The predicted molar refractivity (Wildman–Crippen MR) is 95.2 cm³/mol. The fraction of sp³-hybridized carbons (Fsp3) is 0.300. The van der Waals surface area contributed by atoms with Gasteiger partial charge in [-0.15, -0.1) is 0 Å². The summed E-state index contributed by atoms with van der Waals surface area (Å²) < 4.78 is 16.2. The average Bonchev–Trinajstić information content (AvgIpc) is 3.27. The molecular formula is C20H19NO5. The van der Waals surface area contributed by atoms with Gasteiger partial charge in [-0.2, -0.15) is 0 Å². The lowest BCUT2D eigenvalue weighted by molar-refractivity contribution is -0.118. The summed E-state index contributed by atoms with van der Waals surface area (Å²) in [7, 11) is 0. The molecule has 4 rings (SSSR count). The maximum Gasteiger partial charge on any atom is 0.262 e. The number of rotatable bonds is 5. The van der Waals surface area contributed by atoms with Crippen LogP contribution in [0.3, 0.4) is 0 Å². The molecule has 0 aromatic heterocycles. The first kappa shape index (κ1) is 16.4. The molecule has 26 heavy (non-hydrogen) atoms. The third kappa shape index (κ3) is 3.22. The molecule has 0 spiro atoms. The van der Waals surface area contributed by atoms with Crippen LogP contribution in [0.5, 0.6) is 17.2 Å². The summed E-state index contributed by atoms with van der Waals surface area (Å²) in [5, 5.41) is 2.72. The summed E-state index contributed by atoms with van der Waals surface area (Å²) in [6, 6.07) is 9.13. The van der Waals surface area contributed by atoms with Crippen molar-refractivity contribution in [3.05, 3.63) is 47.0 Å². The number of ketones is 1. The molecule has 2 aromatic carbocycles. The smallest absolute Gasteiger partial charge is 0.262 e. The van der Waals surface area contributed by atoms with Gasteiger partial charge in [0.25, 0.3) is 5.91 Å². The van der Waals surface area contributed by atoms with E-state index in [0.29, 0.717) is 28.5 Å². The Bertz CT molecular complexity index is 890. The second-order valence-electron chi connectivity index (χ2n) is 6.43. The van der Waals surface area contributed by atoms with Gasteiger partial charge >= 0.3 is 0 Å². The molecule has 1 aliphatic heterocycles. The average molecular weight is 353 g/mol. The van der Waals surface area contributed by atoms with Crippen LogP contribution >= 0.6 is 0 Å². The van der Waals surface area contributed by atoms with E-state index in [1.165, 1.54) is 18.1 Å². The molecule has 0 unspecified atom stereocenters. The van der Waals surface area contributed by atoms with Crippen molar-refractivity contribution in [3.8, 4) is 17.2 Å². The topological polar surface area (TPSA) is 73.9 Å². The molecule has 6 nitrogen and oxygen atoms in total. The van der Waals surface area contributed by atoms with Gasteiger partial charge in [-0.05, 0) is 55.5 Å². The second kappa shape index (κ2) is 6.71. The van der Waals surface area contributed by atoms with Gasteiger partial charge in [0.05, 0.1) is 5.69 Å². The molecule has 6 heteroatoms. The fourth-order valence-electron chi connectivity index (χ4n) is 3.31. The van der Waals surface area contributed by atoms with Crippen molar-refractivity contribution in [1.82, 2.24) is 0 Å². The van der Waals surface area contributed by atoms with Gasteiger partial charge in [-0.3, -0.25) is 9.59 Å². The number of hydrogen-bond acceptors (Lipinski definition) is 5. The highest BCUT2D eigenvalue weighted by atomic mass is 16.7. The normalized spacial score (nSPS) is 14.0. The van der Waals surface area contributed by atoms with Crippen LogP contribution in [-0.2, 0) is 17.6 Å². The molecule has 0 radical (unpaired) electrons. The number of anilines is 1. The van der Waals surface area contributed by atoms with Gasteiger partial charge in [-0.25, -0.2) is 0 Å². The van der Waals surface area contributed by atoms with Crippen molar-refractivity contribution in [3.63, 3.8) is 0 Å². The van der Waals surface area contributed by atoms with E-state index >= 15 is 0 Å². The SMILES string of the molecule is CC(=O)c1cc2c(cc1NC(=O)COc1ccc3c(c1)CCC3)OCO2. The number of amides is 1. The first-order chi connectivity index (χ1) is 12.6. The van der Waals surface area contributed by atoms with E-state index < -0.39 is 0 Å². The lowest BCUT2D eigenvalue weighted by atomic mass is 10.1. The van der Waals surface area contributed by atoms with Crippen LogP contribution in [0.25, 0.3) is 0 Å². The van der Waals surface area contributed by atoms with Crippen molar-refractivity contribution >= 4 is 17.4 Å². The third-order valence-electron chi connectivity index (χ3n) is 4.61. The summed E-state index contributed by atoms with van der Waals surface area (Å²) in [4.78, 5) is 24.1. The first-order valence-electron chi connectivity index (χ1n) is 8.59. The van der Waals surface area contributed by atoms with Gasteiger partial charge in [0, 0.05) is 11.6 Å². The van der Waals surface area contributed by atoms with Crippen molar-refractivity contribution in [2.45, 2.75) is 26.2 Å². The zero-order valence-corrected chi connectivity index (χ0v) is 14.5. The Kier molecular flexibility index (Phi) is 4.24. The van der Waals surface area contributed by atoms with Crippen LogP contribution in [0.4, 0.5) is 5.69 Å². The Morgan fingerprint density at radius 2 is 1.85 bits per heavy atom. The minimum absolute atomic E-state index is 0.103. The molecule has 0 bridgehead atoms. The first-order valence-corrected chi connectivity index (χ1v) is 8.59. The van der Waals surface area contributed by atoms with E-state index in [4.69, 9.17) is 14.2 Å². The van der Waals surface area contributed by atoms with Crippen molar-refractivity contribution in [1.29, 1.82) is 0 Å². The Morgan fingerprint density at radius 1 is 1.08 bits per heavy atom. The van der Waals surface area contributed by atoms with Gasteiger partial charge in [-0.1, -0.05) is 6.07 Å². The van der Waals surface area contributed by atoms with E-state index in [9.17, 15) is 9.59 Å². The van der Waals surface area contributed by atoms with Crippen LogP contribution < -0.4 is 19.5 Å². The van der Waals surface area contributed by atoms with Gasteiger partial charge < -0.3 is 19.5 Å². The molecule has 0 saturated heterocycles. The van der Waals surface area contributed by atoms with Crippen LogP contribution in [0, 0.1) is 0 Å². The molecule has 1 aliphatic carbocycles. The molecule has 2 aliphatic rings. The second-order valence-corrected chi connectivity index (χ2v) is 6.43. The molecular weight excluding hydrogens is 334 g/mol. The largest absolute Gasteiger partial charge is 0.484 e. The zero-order valence-electron chi connectivity index (χ0n) is 14.5. The van der Waals surface area contributed by atoms with E-state index in [1.807, 2.05) is 12.1 Å². The maximum absolute atomic E-state index is 12.3. The molecule has 1 amide bonds. The molecule has 0 atom stereocenters. The molecule has 0 fully saturated rings. The number of ether oxygens (including phenoxy) is 3. The molecule has 134 valence electrons. The van der Waals surface area contributed by atoms with E-state index in [1.54, 1.807) is 12.1 Å². The van der Waals surface area contributed by atoms with E-state index in [-0.39, 0.29) is 25.1 Å². The fourth-order valence-corrected chi connectivity index (χ4v) is 3.31. The van der Waals surface area contributed by atoms with Crippen molar-refractivity contribution < 1.29 is 23.8 Å². The number of aryl methyl sites for hydroxylation is 2. The number of carbonyl (C=O) groups is 2. The third-order valence-corrected chi connectivity index (χ3v) is 4.61. The predicted octanol–water partition coefficient (Wildman–Crippen LogP) is 3.12. The van der Waals surface area contributed by atoms with E-state index in [0.717, 1.165) is 19.3 Å². The van der Waals surface area contributed by atoms with Crippen molar-refractivity contribution in [2.75, 3.05) is 18.7 Å². The minimum atomic E-state index is -0.341. The number of benzene rings is 2. The quantitative estimate of drug-likeness (QED) is 0.836.